The summed E-state index contributed by atoms with van der Waals surface area (Å²) in [6.07, 6.45) is 3.93. The van der Waals surface area contributed by atoms with Crippen molar-refractivity contribution in [3.05, 3.63) is 30.8 Å². The molecule has 2 rings (SSSR count). The summed E-state index contributed by atoms with van der Waals surface area (Å²) in [7, 11) is 1.48. The maximum Gasteiger partial charge on any atom is 0.313 e. The molecule has 0 aliphatic carbocycles. The first-order valence-corrected chi connectivity index (χ1v) is 8.14. The first-order chi connectivity index (χ1) is 13.0. The largest absolute Gasteiger partial charge is 0.496 e. The summed E-state index contributed by atoms with van der Waals surface area (Å²) in [5.74, 6) is -1.15. The molecule has 10 nitrogen and oxygen atoms in total. The van der Waals surface area contributed by atoms with Gasteiger partial charge in [0.05, 0.1) is 18.9 Å². The molecule has 10 heteroatoms. The lowest BCUT2D eigenvalue weighted by Crippen LogP contribution is -2.36. The predicted octanol–water partition coefficient (Wildman–Crippen LogP) is 1.08. The van der Waals surface area contributed by atoms with Crippen LogP contribution in [0.5, 0.6) is 5.75 Å². The molecule has 0 atom stereocenters. The van der Waals surface area contributed by atoms with E-state index in [0.29, 0.717) is 35.6 Å². The number of nitrogens with zero attached hydrogens (tertiary/aromatic N) is 1. The second-order valence-corrected chi connectivity index (χ2v) is 5.48. The van der Waals surface area contributed by atoms with Gasteiger partial charge in [-0.15, -0.1) is 0 Å². The molecular formula is C17H20N4O6. The lowest BCUT2D eigenvalue weighted by Gasteiger charge is -2.10. The molecule has 27 heavy (non-hydrogen) atoms. The van der Waals surface area contributed by atoms with Gasteiger partial charge >= 0.3 is 11.8 Å². The monoisotopic (exact) mass is 376 g/mol. The van der Waals surface area contributed by atoms with Crippen LogP contribution in [0.4, 0.5) is 5.69 Å². The van der Waals surface area contributed by atoms with Gasteiger partial charge in [-0.25, -0.2) is 10.5 Å². The fraction of sp³-hybridized carbons (Fsp3) is 0.294. The molecule has 0 saturated heterocycles. The molecule has 144 valence electrons. The maximum atomic E-state index is 12.0. The number of oxazole rings is 1. The van der Waals surface area contributed by atoms with E-state index < -0.39 is 17.7 Å². The minimum atomic E-state index is -0.822. The molecule has 0 bridgehead atoms. The summed E-state index contributed by atoms with van der Waals surface area (Å²) in [4.78, 5) is 38.5. The molecule has 0 spiro atoms. The zero-order valence-corrected chi connectivity index (χ0v) is 14.7. The summed E-state index contributed by atoms with van der Waals surface area (Å²) in [6.45, 7) is 0.235. The number of ether oxygens (including phenoxy) is 1. The van der Waals surface area contributed by atoms with Crippen molar-refractivity contribution in [3.8, 4) is 17.1 Å². The number of anilines is 1. The van der Waals surface area contributed by atoms with Gasteiger partial charge in [0.15, 0.2) is 12.2 Å². The standard InChI is InChI=1S/C17H20N4O6/c1-26-13-8-11(5-6-12(13)14-9-18-10-27-14)20-17(24)16(23)19-7-3-2-4-15(22)21-25/h5-6,8-10,25H,2-4,7H2,1H3,(H,19,23)(H,20,24)(H,21,22). The summed E-state index contributed by atoms with van der Waals surface area (Å²) >= 11 is 0. The van der Waals surface area contributed by atoms with E-state index in [0.717, 1.165) is 0 Å². The van der Waals surface area contributed by atoms with Gasteiger partial charge in [-0.1, -0.05) is 0 Å². The van der Waals surface area contributed by atoms with Crippen LogP contribution in [0.25, 0.3) is 11.3 Å². The quantitative estimate of drug-likeness (QED) is 0.234. The number of methoxy groups -OCH3 is 1. The van der Waals surface area contributed by atoms with Crippen LogP contribution in [-0.2, 0) is 14.4 Å². The van der Waals surface area contributed by atoms with E-state index in [1.54, 1.807) is 18.2 Å². The molecule has 0 aliphatic heterocycles. The number of aromatic nitrogens is 1. The number of benzene rings is 1. The zero-order valence-electron chi connectivity index (χ0n) is 14.7. The summed E-state index contributed by atoms with van der Waals surface area (Å²) < 4.78 is 10.5. The van der Waals surface area contributed by atoms with Crippen molar-refractivity contribution in [1.29, 1.82) is 0 Å². The minimum absolute atomic E-state index is 0.135. The minimum Gasteiger partial charge on any atom is -0.496 e. The predicted molar refractivity (Wildman–Crippen MR) is 93.9 cm³/mol. The zero-order chi connectivity index (χ0) is 19.6. The average Bonchev–Trinajstić information content (AvgIpc) is 3.21. The smallest absolute Gasteiger partial charge is 0.313 e. The average molecular weight is 376 g/mol. The van der Waals surface area contributed by atoms with E-state index in [2.05, 4.69) is 15.6 Å². The number of nitrogens with one attached hydrogen (secondary N) is 3. The molecule has 0 fully saturated rings. The molecule has 0 radical (unpaired) electrons. The first kappa shape index (κ1) is 19.9. The van der Waals surface area contributed by atoms with Crippen molar-refractivity contribution < 1.29 is 28.7 Å². The Morgan fingerprint density at radius 1 is 1.22 bits per heavy atom. The highest BCUT2D eigenvalue weighted by Gasteiger charge is 2.15. The van der Waals surface area contributed by atoms with Crippen molar-refractivity contribution in [2.45, 2.75) is 19.3 Å². The number of carbonyl (C=O) groups is 3. The number of hydroxylamine groups is 1. The number of hydrogen-bond donors (Lipinski definition) is 4. The summed E-state index contributed by atoms with van der Waals surface area (Å²) in [6, 6.07) is 4.86. The van der Waals surface area contributed by atoms with E-state index in [4.69, 9.17) is 14.4 Å². The van der Waals surface area contributed by atoms with E-state index in [1.165, 1.54) is 25.2 Å². The van der Waals surface area contributed by atoms with Gasteiger partial charge in [0, 0.05) is 24.7 Å². The van der Waals surface area contributed by atoms with E-state index in [-0.39, 0.29) is 13.0 Å². The van der Waals surface area contributed by atoms with E-state index >= 15 is 0 Å². The molecular weight excluding hydrogens is 356 g/mol. The van der Waals surface area contributed by atoms with Crippen molar-refractivity contribution in [3.63, 3.8) is 0 Å². The van der Waals surface area contributed by atoms with Crippen molar-refractivity contribution >= 4 is 23.4 Å². The molecule has 4 N–H and O–H groups in total. The Labute approximate surface area is 154 Å². The van der Waals surface area contributed by atoms with E-state index in [1.807, 2.05) is 0 Å². The Kier molecular flexibility index (Phi) is 7.32. The Balaban J connectivity index is 1.86. The van der Waals surface area contributed by atoms with Gasteiger partial charge in [0.1, 0.15) is 5.75 Å². The Bertz CT molecular complexity index is 791. The molecule has 0 unspecified atom stereocenters. The van der Waals surface area contributed by atoms with Crippen molar-refractivity contribution in [2.24, 2.45) is 0 Å². The number of carbonyl (C=O) groups excluding carboxylic acids is 3. The number of rotatable bonds is 8. The van der Waals surface area contributed by atoms with Gasteiger partial charge in [0.2, 0.25) is 5.91 Å². The van der Waals surface area contributed by atoms with Crippen LogP contribution in [0.3, 0.4) is 0 Å². The fourth-order valence-corrected chi connectivity index (χ4v) is 2.26. The van der Waals surface area contributed by atoms with Crippen LogP contribution in [0.1, 0.15) is 19.3 Å². The molecule has 0 aliphatic rings. The molecule has 1 heterocycles. The number of hydrogen-bond acceptors (Lipinski definition) is 7. The molecule has 1 aromatic heterocycles. The van der Waals surface area contributed by atoms with Crippen LogP contribution < -0.4 is 20.9 Å². The number of amides is 3. The third kappa shape index (κ3) is 5.82. The first-order valence-electron chi connectivity index (χ1n) is 8.14. The number of unbranched alkanes of at least 4 members (excludes halogenated alkanes) is 1. The van der Waals surface area contributed by atoms with Crippen LogP contribution in [0.15, 0.2) is 35.2 Å². The van der Waals surface area contributed by atoms with E-state index in [9.17, 15) is 14.4 Å². The highest BCUT2D eigenvalue weighted by Crippen LogP contribution is 2.32. The Morgan fingerprint density at radius 2 is 2.04 bits per heavy atom. The van der Waals surface area contributed by atoms with Gasteiger partial charge in [-0.05, 0) is 25.0 Å². The highest BCUT2D eigenvalue weighted by atomic mass is 16.5. The SMILES string of the molecule is COc1cc(NC(=O)C(=O)NCCCCC(=O)NO)ccc1-c1cnco1. The topological polar surface area (TPSA) is 143 Å². The second-order valence-electron chi connectivity index (χ2n) is 5.48. The summed E-state index contributed by atoms with van der Waals surface area (Å²) in [5.41, 5.74) is 2.56. The van der Waals surface area contributed by atoms with Crippen molar-refractivity contribution in [1.82, 2.24) is 15.8 Å². The molecule has 3 amide bonds. The second kappa shape index (κ2) is 9.92. The Hall–Kier alpha value is -3.40. The highest BCUT2D eigenvalue weighted by molar-refractivity contribution is 6.39. The van der Waals surface area contributed by atoms with Crippen LogP contribution >= 0.6 is 0 Å². The van der Waals surface area contributed by atoms with Crippen LogP contribution in [0.2, 0.25) is 0 Å². The van der Waals surface area contributed by atoms with Gasteiger partial charge in [-0.3, -0.25) is 19.6 Å². The van der Waals surface area contributed by atoms with Gasteiger partial charge in [-0.2, -0.15) is 0 Å². The molecule has 0 saturated carbocycles. The third-order valence-electron chi connectivity index (χ3n) is 3.60. The lowest BCUT2D eigenvalue weighted by atomic mass is 10.1. The molecule has 2 aromatic rings. The maximum absolute atomic E-state index is 12.0. The van der Waals surface area contributed by atoms with Crippen LogP contribution in [-0.4, -0.2) is 41.6 Å². The lowest BCUT2D eigenvalue weighted by molar-refractivity contribution is -0.136. The van der Waals surface area contributed by atoms with Gasteiger partial charge < -0.3 is 19.8 Å². The molecule has 1 aromatic carbocycles. The van der Waals surface area contributed by atoms with Gasteiger partial charge in [0.25, 0.3) is 0 Å². The normalized spacial score (nSPS) is 10.1. The third-order valence-corrected chi connectivity index (χ3v) is 3.60. The Morgan fingerprint density at radius 3 is 2.70 bits per heavy atom. The fourth-order valence-electron chi connectivity index (χ4n) is 2.26. The summed E-state index contributed by atoms with van der Waals surface area (Å²) in [5, 5.41) is 13.3. The van der Waals surface area contributed by atoms with Crippen LogP contribution in [0, 0.1) is 0 Å². The van der Waals surface area contributed by atoms with Crippen molar-refractivity contribution in [2.75, 3.05) is 19.0 Å².